The number of nitrogens with one attached hydrogen (secondary N) is 1. The lowest BCUT2D eigenvalue weighted by atomic mass is 10.0. The maximum atomic E-state index is 12.4. The summed E-state index contributed by atoms with van der Waals surface area (Å²) in [6.07, 6.45) is 70.0. The standard InChI is InChI=1S/C60H111NO5/c1-3-5-7-9-11-13-15-34-38-42-46-50-54-60(65)66-55-51-47-43-39-35-32-30-28-26-24-22-20-18-16-17-19-21-23-25-27-29-31-33-37-41-45-49-53-59(64)61-57(56-62)58(63)52-48-44-40-36-14-12-10-8-6-4-2/h11,13,16-17,20,22,48,52,57-58,62-63H,3-10,12,14-15,18-19,21,23-47,49-51,53-56H2,1-2H3,(H,61,64)/b13-11-,17-16-,22-20-,52-48+. The van der Waals surface area contributed by atoms with Crippen molar-refractivity contribution in [2.24, 2.45) is 0 Å². The second-order valence-corrected chi connectivity index (χ2v) is 19.6. The molecule has 0 saturated heterocycles. The highest BCUT2D eigenvalue weighted by Crippen LogP contribution is 2.15. The molecule has 0 bridgehead atoms. The molecule has 0 aromatic carbocycles. The van der Waals surface area contributed by atoms with Crippen molar-refractivity contribution in [3.63, 3.8) is 0 Å². The van der Waals surface area contributed by atoms with Gasteiger partial charge in [-0.3, -0.25) is 9.59 Å². The van der Waals surface area contributed by atoms with Gasteiger partial charge in [0.1, 0.15) is 0 Å². The highest BCUT2D eigenvalue weighted by Gasteiger charge is 2.18. The molecular weight excluding hydrogens is 815 g/mol. The van der Waals surface area contributed by atoms with Crippen LogP contribution >= 0.6 is 0 Å². The maximum Gasteiger partial charge on any atom is 0.305 e. The van der Waals surface area contributed by atoms with Gasteiger partial charge in [-0.1, -0.05) is 242 Å². The third-order valence-corrected chi connectivity index (χ3v) is 13.1. The predicted octanol–water partition coefficient (Wildman–Crippen LogP) is 17.8. The van der Waals surface area contributed by atoms with Gasteiger partial charge >= 0.3 is 5.97 Å². The van der Waals surface area contributed by atoms with Gasteiger partial charge in [0.25, 0.3) is 0 Å². The van der Waals surface area contributed by atoms with Crippen molar-refractivity contribution >= 4 is 11.9 Å². The molecule has 6 heteroatoms. The zero-order chi connectivity index (χ0) is 47.9. The second kappa shape index (κ2) is 55.4. The molecule has 0 aromatic heterocycles. The van der Waals surface area contributed by atoms with Crippen LogP contribution in [0.3, 0.4) is 0 Å². The fourth-order valence-electron chi connectivity index (χ4n) is 8.60. The lowest BCUT2D eigenvalue weighted by molar-refractivity contribution is -0.143. The summed E-state index contributed by atoms with van der Waals surface area (Å²) in [4.78, 5) is 24.4. The number of hydrogen-bond donors (Lipinski definition) is 3. The first-order valence-electron chi connectivity index (χ1n) is 28.9. The number of unbranched alkanes of at least 4 members (excludes halogenated alkanes) is 36. The van der Waals surface area contributed by atoms with Gasteiger partial charge in [0.05, 0.1) is 25.4 Å². The number of ether oxygens (including phenoxy) is 1. The Labute approximate surface area is 410 Å². The van der Waals surface area contributed by atoms with Crippen molar-refractivity contribution in [1.29, 1.82) is 0 Å². The minimum absolute atomic E-state index is 0.000615. The van der Waals surface area contributed by atoms with E-state index in [1.165, 1.54) is 218 Å². The van der Waals surface area contributed by atoms with E-state index >= 15 is 0 Å². The van der Waals surface area contributed by atoms with Gasteiger partial charge < -0.3 is 20.3 Å². The summed E-state index contributed by atoms with van der Waals surface area (Å²) in [6, 6.07) is -0.629. The van der Waals surface area contributed by atoms with Crippen LogP contribution in [0.25, 0.3) is 0 Å². The van der Waals surface area contributed by atoms with Crippen molar-refractivity contribution in [2.45, 2.75) is 309 Å². The smallest absolute Gasteiger partial charge is 0.305 e. The van der Waals surface area contributed by atoms with Crippen LogP contribution in [0.1, 0.15) is 296 Å². The molecule has 0 spiro atoms. The van der Waals surface area contributed by atoms with Crippen LogP contribution in [0.4, 0.5) is 0 Å². The number of aliphatic hydroxyl groups excluding tert-OH is 2. The lowest BCUT2D eigenvalue weighted by Crippen LogP contribution is -2.45. The number of hydrogen-bond acceptors (Lipinski definition) is 5. The summed E-state index contributed by atoms with van der Waals surface area (Å²) < 4.78 is 5.46. The van der Waals surface area contributed by atoms with Crippen LogP contribution in [0.2, 0.25) is 0 Å². The van der Waals surface area contributed by atoms with E-state index in [4.69, 9.17) is 4.74 Å². The molecule has 0 aromatic rings. The highest BCUT2D eigenvalue weighted by molar-refractivity contribution is 5.76. The van der Waals surface area contributed by atoms with E-state index in [0.717, 1.165) is 51.4 Å². The van der Waals surface area contributed by atoms with Crippen molar-refractivity contribution in [3.05, 3.63) is 48.6 Å². The van der Waals surface area contributed by atoms with Gasteiger partial charge in [0.2, 0.25) is 5.91 Å². The van der Waals surface area contributed by atoms with Crippen molar-refractivity contribution < 1.29 is 24.5 Å². The zero-order valence-electron chi connectivity index (χ0n) is 43.9. The van der Waals surface area contributed by atoms with Gasteiger partial charge in [0.15, 0.2) is 0 Å². The molecule has 0 heterocycles. The average molecular weight is 927 g/mol. The molecule has 0 radical (unpaired) electrons. The first-order valence-corrected chi connectivity index (χ1v) is 28.9. The summed E-state index contributed by atoms with van der Waals surface area (Å²) in [7, 11) is 0. The summed E-state index contributed by atoms with van der Waals surface area (Å²) in [6.45, 7) is 4.85. The SMILES string of the molecule is CCCCC/C=C\CCCCCCCC(=O)OCCCCCCCCCCC/C=C\C/C=C\CCCCCCCCCCCCCC(=O)NC(CO)C(O)/C=C/CCCCCCCCCC. The molecule has 0 aliphatic carbocycles. The third-order valence-electron chi connectivity index (χ3n) is 13.1. The van der Waals surface area contributed by atoms with Gasteiger partial charge in [-0.2, -0.15) is 0 Å². The lowest BCUT2D eigenvalue weighted by Gasteiger charge is -2.20. The van der Waals surface area contributed by atoms with Crippen LogP contribution in [0, 0.1) is 0 Å². The molecule has 2 atom stereocenters. The zero-order valence-corrected chi connectivity index (χ0v) is 43.9. The van der Waals surface area contributed by atoms with Crippen LogP contribution < -0.4 is 5.32 Å². The molecule has 2 unspecified atom stereocenters. The van der Waals surface area contributed by atoms with E-state index in [-0.39, 0.29) is 18.5 Å². The highest BCUT2D eigenvalue weighted by atomic mass is 16.5. The molecule has 0 aliphatic heterocycles. The molecule has 0 saturated carbocycles. The molecule has 386 valence electrons. The fourth-order valence-corrected chi connectivity index (χ4v) is 8.60. The van der Waals surface area contributed by atoms with Crippen molar-refractivity contribution in [3.8, 4) is 0 Å². The van der Waals surface area contributed by atoms with Crippen molar-refractivity contribution in [2.75, 3.05) is 13.2 Å². The van der Waals surface area contributed by atoms with Gasteiger partial charge in [-0.25, -0.2) is 0 Å². The number of carbonyl (C=O) groups is 2. The summed E-state index contributed by atoms with van der Waals surface area (Å²) >= 11 is 0. The Balaban J connectivity index is 3.43. The van der Waals surface area contributed by atoms with Crippen LogP contribution in [0.5, 0.6) is 0 Å². The summed E-state index contributed by atoms with van der Waals surface area (Å²) in [5.41, 5.74) is 0. The Morgan fingerprint density at radius 2 is 0.758 bits per heavy atom. The third kappa shape index (κ3) is 51.2. The maximum absolute atomic E-state index is 12.4. The summed E-state index contributed by atoms with van der Waals surface area (Å²) in [5, 5.41) is 23.0. The number of rotatable bonds is 53. The second-order valence-electron chi connectivity index (χ2n) is 19.6. The van der Waals surface area contributed by atoms with E-state index in [1.54, 1.807) is 6.08 Å². The Kier molecular flexibility index (Phi) is 53.6. The first kappa shape index (κ1) is 63.8. The van der Waals surface area contributed by atoms with E-state index in [0.29, 0.717) is 19.4 Å². The minimum Gasteiger partial charge on any atom is -0.466 e. The van der Waals surface area contributed by atoms with Crippen LogP contribution in [0.15, 0.2) is 48.6 Å². The number of carbonyl (C=O) groups excluding carboxylic acids is 2. The minimum atomic E-state index is -0.845. The largest absolute Gasteiger partial charge is 0.466 e. The molecule has 3 N–H and O–H groups in total. The summed E-state index contributed by atoms with van der Waals surface area (Å²) in [5.74, 6) is -0.0742. The van der Waals surface area contributed by atoms with Gasteiger partial charge in [0, 0.05) is 12.8 Å². The fraction of sp³-hybridized carbons (Fsp3) is 0.833. The van der Waals surface area contributed by atoms with Gasteiger partial charge in [-0.05, 0) is 89.9 Å². The Hall–Kier alpha value is -2.18. The molecule has 66 heavy (non-hydrogen) atoms. The topological polar surface area (TPSA) is 95.9 Å². The van der Waals surface area contributed by atoms with Crippen LogP contribution in [-0.4, -0.2) is 47.4 Å². The molecule has 0 aliphatic rings. The molecular formula is C60H111NO5. The number of allylic oxidation sites excluding steroid dienone is 7. The number of esters is 1. The van der Waals surface area contributed by atoms with E-state index in [2.05, 4.69) is 55.6 Å². The Bertz CT molecular complexity index is 1110. The quantitative estimate of drug-likeness (QED) is 0.0321. The van der Waals surface area contributed by atoms with E-state index in [9.17, 15) is 19.8 Å². The number of amides is 1. The van der Waals surface area contributed by atoms with Crippen molar-refractivity contribution in [1.82, 2.24) is 5.32 Å². The monoisotopic (exact) mass is 926 g/mol. The molecule has 0 fully saturated rings. The normalized spacial score (nSPS) is 13.0. The Morgan fingerprint density at radius 3 is 1.20 bits per heavy atom. The van der Waals surface area contributed by atoms with E-state index < -0.39 is 12.1 Å². The van der Waals surface area contributed by atoms with Gasteiger partial charge in [-0.15, -0.1) is 0 Å². The molecule has 1 amide bonds. The first-order chi connectivity index (χ1) is 32.5. The Morgan fingerprint density at radius 1 is 0.424 bits per heavy atom. The van der Waals surface area contributed by atoms with E-state index in [1.807, 2.05) is 6.08 Å². The predicted molar refractivity (Wildman–Crippen MR) is 287 cm³/mol. The number of aliphatic hydroxyl groups is 2. The molecule has 0 rings (SSSR count). The van der Waals surface area contributed by atoms with Crippen LogP contribution in [-0.2, 0) is 14.3 Å². The molecule has 6 nitrogen and oxygen atoms in total. The average Bonchev–Trinajstić information content (AvgIpc) is 3.32.